The van der Waals surface area contributed by atoms with Crippen LogP contribution in [0.25, 0.3) is 0 Å². The fourth-order valence-electron chi connectivity index (χ4n) is 2.63. The zero-order valence-electron chi connectivity index (χ0n) is 11.5. The van der Waals surface area contributed by atoms with Crippen LogP contribution in [0, 0.1) is 13.8 Å². The topological polar surface area (TPSA) is 75.4 Å². The molecule has 0 aliphatic carbocycles. The number of hydrogen-bond acceptors (Lipinski definition) is 3. The number of rotatable bonds is 3. The summed E-state index contributed by atoms with van der Waals surface area (Å²) >= 11 is 0. The van der Waals surface area contributed by atoms with Gasteiger partial charge in [-0.3, -0.25) is 9.48 Å². The standard InChI is InChI=1S/C13H19N3O3/c1-9-7-10(2)16(14-9)8-11(17)15-6-4-5-13(15,3)12(18)19/h7H,4-6,8H2,1-3H3,(H,18,19). The Labute approximate surface area is 112 Å². The van der Waals surface area contributed by atoms with Gasteiger partial charge in [0.2, 0.25) is 5.91 Å². The van der Waals surface area contributed by atoms with Gasteiger partial charge in [-0.2, -0.15) is 5.10 Å². The van der Waals surface area contributed by atoms with Crippen LogP contribution in [-0.4, -0.2) is 43.7 Å². The van der Waals surface area contributed by atoms with Crippen LogP contribution in [0.1, 0.15) is 31.2 Å². The summed E-state index contributed by atoms with van der Waals surface area (Å²) in [6.45, 7) is 5.96. The lowest BCUT2D eigenvalue weighted by atomic mass is 9.99. The first-order valence-electron chi connectivity index (χ1n) is 6.39. The third-order valence-corrected chi connectivity index (χ3v) is 3.79. The van der Waals surface area contributed by atoms with E-state index in [1.165, 1.54) is 4.90 Å². The quantitative estimate of drug-likeness (QED) is 0.883. The molecule has 1 fully saturated rings. The molecule has 1 aromatic rings. The fourth-order valence-corrected chi connectivity index (χ4v) is 2.63. The van der Waals surface area contributed by atoms with Gasteiger partial charge in [0.15, 0.2) is 0 Å². The number of carboxylic acids is 1. The monoisotopic (exact) mass is 265 g/mol. The molecule has 1 saturated heterocycles. The molecule has 0 spiro atoms. The summed E-state index contributed by atoms with van der Waals surface area (Å²) in [5, 5.41) is 13.5. The molecule has 0 bridgehead atoms. The lowest BCUT2D eigenvalue weighted by Gasteiger charge is -2.31. The molecular weight excluding hydrogens is 246 g/mol. The van der Waals surface area contributed by atoms with Gasteiger partial charge in [0, 0.05) is 12.2 Å². The maximum atomic E-state index is 12.3. The van der Waals surface area contributed by atoms with E-state index in [4.69, 9.17) is 0 Å². The maximum absolute atomic E-state index is 12.3. The van der Waals surface area contributed by atoms with Crippen molar-refractivity contribution in [2.75, 3.05) is 6.54 Å². The Bertz CT molecular complexity index is 523. The van der Waals surface area contributed by atoms with Crippen molar-refractivity contribution in [1.82, 2.24) is 14.7 Å². The smallest absolute Gasteiger partial charge is 0.329 e. The largest absolute Gasteiger partial charge is 0.480 e. The third-order valence-electron chi connectivity index (χ3n) is 3.79. The second-order valence-corrected chi connectivity index (χ2v) is 5.31. The normalized spacial score (nSPS) is 22.8. The van der Waals surface area contributed by atoms with Crippen LogP contribution in [0.3, 0.4) is 0 Å². The van der Waals surface area contributed by atoms with E-state index in [0.717, 1.165) is 17.8 Å². The van der Waals surface area contributed by atoms with Gasteiger partial charge in [0.05, 0.1) is 5.69 Å². The van der Waals surface area contributed by atoms with E-state index in [1.807, 2.05) is 19.9 Å². The second kappa shape index (κ2) is 4.68. The van der Waals surface area contributed by atoms with Crippen LogP contribution in [0.4, 0.5) is 0 Å². The number of nitrogens with zero attached hydrogens (tertiary/aromatic N) is 3. The van der Waals surface area contributed by atoms with Crippen LogP contribution in [0.5, 0.6) is 0 Å². The number of carbonyl (C=O) groups is 2. The minimum atomic E-state index is -1.08. The molecule has 1 atom stereocenters. The number of hydrogen-bond donors (Lipinski definition) is 1. The lowest BCUT2D eigenvalue weighted by molar-refractivity contribution is -0.155. The van der Waals surface area contributed by atoms with Gasteiger partial charge >= 0.3 is 5.97 Å². The number of carbonyl (C=O) groups excluding carboxylic acids is 1. The molecule has 0 aromatic carbocycles. The summed E-state index contributed by atoms with van der Waals surface area (Å²) in [6, 6.07) is 1.90. The van der Waals surface area contributed by atoms with Crippen LogP contribution in [-0.2, 0) is 16.1 Å². The van der Waals surface area contributed by atoms with Crippen molar-refractivity contribution in [2.45, 2.75) is 45.7 Å². The van der Waals surface area contributed by atoms with E-state index < -0.39 is 11.5 Å². The minimum Gasteiger partial charge on any atom is -0.480 e. The first kappa shape index (κ1) is 13.6. The molecule has 19 heavy (non-hydrogen) atoms. The predicted octanol–water partition coefficient (Wildman–Crippen LogP) is 0.966. The molecule has 0 saturated carbocycles. The van der Waals surface area contributed by atoms with E-state index in [9.17, 15) is 14.7 Å². The second-order valence-electron chi connectivity index (χ2n) is 5.31. The highest BCUT2D eigenvalue weighted by Gasteiger charge is 2.45. The Morgan fingerprint density at radius 1 is 1.47 bits per heavy atom. The average molecular weight is 265 g/mol. The van der Waals surface area contributed by atoms with Gasteiger partial charge < -0.3 is 10.0 Å². The predicted molar refractivity (Wildman–Crippen MR) is 68.7 cm³/mol. The van der Waals surface area contributed by atoms with E-state index in [-0.39, 0.29) is 12.5 Å². The number of amides is 1. The van der Waals surface area contributed by atoms with Crippen molar-refractivity contribution in [3.05, 3.63) is 17.5 Å². The molecule has 2 heterocycles. The molecule has 1 aliphatic rings. The van der Waals surface area contributed by atoms with Crippen LogP contribution in [0.15, 0.2) is 6.07 Å². The molecule has 6 nitrogen and oxygen atoms in total. The number of aliphatic carboxylic acids is 1. The van der Waals surface area contributed by atoms with Crippen molar-refractivity contribution in [1.29, 1.82) is 0 Å². The van der Waals surface area contributed by atoms with Crippen molar-refractivity contribution >= 4 is 11.9 Å². The first-order chi connectivity index (χ1) is 8.84. The molecule has 6 heteroatoms. The van der Waals surface area contributed by atoms with E-state index >= 15 is 0 Å². The zero-order chi connectivity index (χ0) is 14.2. The molecule has 1 aromatic heterocycles. The molecule has 104 valence electrons. The van der Waals surface area contributed by atoms with Gasteiger partial charge in [-0.05, 0) is 39.7 Å². The third kappa shape index (κ3) is 2.34. The van der Waals surface area contributed by atoms with E-state index in [2.05, 4.69) is 5.10 Å². The molecule has 1 aliphatic heterocycles. The summed E-state index contributed by atoms with van der Waals surface area (Å²) in [5.74, 6) is -1.12. The first-order valence-corrected chi connectivity index (χ1v) is 6.39. The number of carboxylic acid groups (broad SMARTS) is 1. The van der Waals surface area contributed by atoms with Crippen molar-refractivity contribution in [3.63, 3.8) is 0 Å². The summed E-state index contributed by atoms with van der Waals surface area (Å²) in [6.07, 6.45) is 1.23. The summed E-state index contributed by atoms with van der Waals surface area (Å²) in [4.78, 5) is 25.1. The highest BCUT2D eigenvalue weighted by molar-refractivity contribution is 5.87. The summed E-state index contributed by atoms with van der Waals surface area (Å²) < 4.78 is 1.62. The zero-order valence-corrected chi connectivity index (χ0v) is 11.5. The van der Waals surface area contributed by atoms with Crippen LogP contribution in [0.2, 0.25) is 0 Å². The Balaban J connectivity index is 2.16. The summed E-state index contributed by atoms with van der Waals surface area (Å²) in [7, 11) is 0. The van der Waals surface area contributed by atoms with Crippen LogP contribution < -0.4 is 0 Å². The maximum Gasteiger partial charge on any atom is 0.329 e. The van der Waals surface area contributed by atoms with E-state index in [1.54, 1.807) is 11.6 Å². The molecule has 1 N–H and O–H groups in total. The van der Waals surface area contributed by atoms with Gasteiger partial charge in [0.25, 0.3) is 0 Å². The molecule has 2 rings (SSSR count). The van der Waals surface area contributed by atoms with Crippen molar-refractivity contribution < 1.29 is 14.7 Å². The average Bonchev–Trinajstić information content (AvgIpc) is 2.84. The molecular formula is C13H19N3O3. The fraction of sp³-hybridized carbons (Fsp3) is 0.615. The van der Waals surface area contributed by atoms with Gasteiger partial charge in [-0.15, -0.1) is 0 Å². The Morgan fingerprint density at radius 2 is 2.16 bits per heavy atom. The number of likely N-dealkylation sites (tertiary alicyclic amines) is 1. The Kier molecular flexibility index (Phi) is 3.34. The number of aryl methyl sites for hydroxylation is 2. The minimum absolute atomic E-state index is 0.0997. The summed E-state index contributed by atoms with van der Waals surface area (Å²) in [5.41, 5.74) is 0.683. The Hall–Kier alpha value is -1.85. The van der Waals surface area contributed by atoms with Gasteiger partial charge in [0.1, 0.15) is 12.1 Å². The highest BCUT2D eigenvalue weighted by Crippen LogP contribution is 2.29. The van der Waals surface area contributed by atoms with Gasteiger partial charge in [-0.1, -0.05) is 0 Å². The molecule has 1 amide bonds. The van der Waals surface area contributed by atoms with Gasteiger partial charge in [-0.25, -0.2) is 4.79 Å². The lowest BCUT2D eigenvalue weighted by Crippen LogP contribution is -2.51. The molecule has 0 radical (unpaired) electrons. The molecule has 1 unspecified atom stereocenters. The Morgan fingerprint density at radius 3 is 2.68 bits per heavy atom. The van der Waals surface area contributed by atoms with Crippen molar-refractivity contribution in [2.24, 2.45) is 0 Å². The van der Waals surface area contributed by atoms with Crippen LogP contribution >= 0.6 is 0 Å². The number of aromatic nitrogens is 2. The van der Waals surface area contributed by atoms with E-state index in [0.29, 0.717) is 13.0 Å². The highest BCUT2D eigenvalue weighted by atomic mass is 16.4. The van der Waals surface area contributed by atoms with Crippen molar-refractivity contribution in [3.8, 4) is 0 Å². The SMILES string of the molecule is Cc1cc(C)n(CC(=O)N2CCCC2(C)C(=O)O)n1.